The van der Waals surface area contributed by atoms with Crippen LogP contribution in [0.5, 0.6) is 23.0 Å². The fourth-order valence-electron chi connectivity index (χ4n) is 4.70. The van der Waals surface area contributed by atoms with Gasteiger partial charge in [-0.25, -0.2) is 0 Å². The van der Waals surface area contributed by atoms with Gasteiger partial charge in [-0.2, -0.15) is 0 Å². The number of methoxy groups -OCH3 is 1. The highest BCUT2D eigenvalue weighted by molar-refractivity contribution is 5.98. The van der Waals surface area contributed by atoms with Crippen molar-refractivity contribution in [2.24, 2.45) is 11.8 Å². The lowest BCUT2D eigenvalue weighted by Crippen LogP contribution is -2.13. The Bertz CT molecular complexity index is 1430. The first-order valence-electron chi connectivity index (χ1n) is 14.3. The predicted octanol–water partition coefficient (Wildman–Crippen LogP) is 7.25. The normalized spacial score (nSPS) is 11.5. The highest BCUT2D eigenvalue weighted by Gasteiger charge is 2.26. The van der Waals surface area contributed by atoms with Crippen LogP contribution in [-0.4, -0.2) is 24.2 Å². The minimum atomic E-state index is -0.430. The number of esters is 2. The van der Waals surface area contributed by atoms with Crippen LogP contribution in [0.15, 0.2) is 21.3 Å². The van der Waals surface area contributed by atoms with Crippen LogP contribution in [0.1, 0.15) is 91.2 Å². The molecule has 0 unspecified atom stereocenters. The Hall–Kier alpha value is -3.55. The summed E-state index contributed by atoms with van der Waals surface area (Å²) in [5, 5.41) is 11.7. The molecular formula is C32H42O8. The van der Waals surface area contributed by atoms with Crippen LogP contribution >= 0.6 is 0 Å². The van der Waals surface area contributed by atoms with Crippen molar-refractivity contribution in [3.8, 4) is 23.0 Å². The van der Waals surface area contributed by atoms with Gasteiger partial charge in [0.2, 0.25) is 5.43 Å². The minimum Gasteiger partial charge on any atom is -0.507 e. The first-order chi connectivity index (χ1) is 19.0. The summed E-state index contributed by atoms with van der Waals surface area (Å²) in [5.74, 6) is 0.195. The summed E-state index contributed by atoms with van der Waals surface area (Å²) in [4.78, 5) is 38.9. The van der Waals surface area contributed by atoms with Crippen LogP contribution < -0.4 is 19.6 Å². The van der Waals surface area contributed by atoms with E-state index in [0.717, 1.165) is 12.8 Å². The van der Waals surface area contributed by atoms with Gasteiger partial charge in [-0.3, -0.25) is 14.4 Å². The van der Waals surface area contributed by atoms with E-state index in [1.807, 2.05) is 13.8 Å². The molecule has 8 heteroatoms. The van der Waals surface area contributed by atoms with Crippen LogP contribution in [0.4, 0.5) is 0 Å². The number of aromatic hydroxyl groups is 1. The highest BCUT2D eigenvalue weighted by atomic mass is 16.6. The highest BCUT2D eigenvalue weighted by Crippen LogP contribution is 2.42. The van der Waals surface area contributed by atoms with Crippen molar-refractivity contribution in [2.75, 3.05) is 7.11 Å². The molecule has 0 amide bonds. The number of phenolic OH excluding ortho intramolecular Hbond substituents is 1. The summed E-state index contributed by atoms with van der Waals surface area (Å²) in [6.07, 6.45) is 4.03. The van der Waals surface area contributed by atoms with E-state index in [-0.39, 0.29) is 52.0 Å². The first-order valence-corrected chi connectivity index (χ1v) is 14.3. The van der Waals surface area contributed by atoms with Gasteiger partial charge in [0.1, 0.15) is 28.1 Å². The van der Waals surface area contributed by atoms with Crippen LogP contribution in [0.25, 0.3) is 21.9 Å². The molecule has 1 N–H and O–H groups in total. The second-order valence-electron chi connectivity index (χ2n) is 11.1. The molecule has 2 aromatic carbocycles. The molecule has 0 aliphatic heterocycles. The van der Waals surface area contributed by atoms with Crippen LogP contribution in [0.2, 0.25) is 0 Å². The predicted molar refractivity (Wildman–Crippen MR) is 156 cm³/mol. The Balaban J connectivity index is 2.38. The maximum absolute atomic E-state index is 14.1. The molecule has 3 aromatic rings. The lowest BCUT2D eigenvalue weighted by Gasteiger charge is -2.18. The van der Waals surface area contributed by atoms with E-state index in [1.54, 1.807) is 0 Å². The van der Waals surface area contributed by atoms with Crippen molar-refractivity contribution in [1.29, 1.82) is 0 Å². The third kappa shape index (κ3) is 6.95. The molecule has 3 rings (SSSR count). The average molecular weight is 555 g/mol. The van der Waals surface area contributed by atoms with E-state index in [9.17, 15) is 19.5 Å². The molecule has 1 aromatic heterocycles. The Morgan fingerprint density at radius 2 is 1.32 bits per heavy atom. The van der Waals surface area contributed by atoms with Crippen molar-refractivity contribution in [2.45, 2.75) is 92.9 Å². The quantitative estimate of drug-likeness (QED) is 0.134. The monoisotopic (exact) mass is 554 g/mol. The van der Waals surface area contributed by atoms with Crippen molar-refractivity contribution in [3.05, 3.63) is 33.5 Å². The van der Waals surface area contributed by atoms with E-state index in [1.165, 1.54) is 19.2 Å². The molecule has 0 radical (unpaired) electrons. The molecular weight excluding hydrogens is 512 g/mol. The van der Waals surface area contributed by atoms with Crippen LogP contribution in [0, 0.1) is 11.8 Å². The number of carbonyl (C=O) groups is 2. The van der Waals surface area contributed by atoms with Gasteiger partial charge in [0.25, 0.3) is 0 Å². The lowest BCUT2D eigenvalue weighted by atomic mass is 9.95. The fraction of sp³-hybridized carbons (Fsp3) is 0.531. The number of ether oxygens (including phenoxy) is 3. The zero-order chi connectivity index (χ0) is 29.6. The van der Waals surface area contributed by atoms with Crippen LogP contribution in [0.3, 0.4) is 0 Å². The topological polar surface area (TPSA) is 112 Å². The minimum absolute atomic E-state index is 0.0186. The SMILES string of the molecule is CCCC(=O)Oc1cc2oc3cc(OC(=O)CCC)c(OC)c(CCC(C)C)c3c(=O)c2c(O)c1CCC(C)C. The summed E-state index contributed by atoms with van der Waals surface area (Å²) < 4.78 is 23.2. The van der Waals surface area contributed by atoms with Gasteiger partial charge < -0.3 is 23.7 Å². The number of phenols is 1. The molecule has 0 atom stereocenters. The molecule has 0 saturated carbocycles. The Kier molecular flexibility index (Phi) is 10.6. The molecule has 40 heavy (non-hydrogen) atoms. The maximum atomic E-state index is 14.1. The van der Waals surface area contributed by atoms with E-state index in [0.29, 0.717) is 54.4 Å². The molecule has 0 bridgehead atoms. The molecule has 0 spiro atoms. The van der Waals surface area contributed by atoms with Crippen molar-refractivity contribution in [3.63, 3.8) is 0 Å². The van der Waals surface area contributed by atoms with Gasteiger partial charge in [0.15, 0.2) is 11.5 Å². The summed E-state index contributed by atoms with van der Waals surface area (Å²) in [7, 11) is 1.47. The number of benzene rings is 2. The summed E-state index contributed by atoms with van der Waals surface area (Å²) in [6, 6.07) is 2.98. The van der Waals surface area contributed by atoms with Gasteiger partial charge >= 0.3 is 11.9 Å². The number of hydrogen-bond donors (Lipinski definition) is 1. The average Bonchev–Trinajstić information content (AvgIpc) is 2.86. The van der Waals surface area contributed by atoms with Crippen molar-refractivity contribution in [1.82, 2.24) is 0 Å². The Morgan fingerprint density at radius 1 is 0.825 bits per heavy atom. The zero-order valence-corrected chi connectivity index (χ0v) is 24.8. The molecule has 8 nitrogen and oxygen atoms in total. The lowest BCUT2D eigenvalue weighted by molar-refractivity contribution is -0.135. The number of hydrogen-bond acceptors (Lipinski definition) is 8. The van der Waals surface area contributed by atoms with E-state index >= 15 is 0 Å². The summed E-state index contributed by atoms with van der Waals surface area (Å²) in [5.41, 5.74) is 0.808. The van der Waals surface area contributed by atoms with E-state index in [4.69, 9.17) is 18.6 Å². The second-order valence-corrected chi connectivity index (χ2v) is 11.1. The largest absolute Gasteiger partial charge is 0.507 e. The first kappa shape index (κ1) is 31.0. The molecule has 0 saturated heterocycles. The van der Waals surface area contributed by atoms with Gasteiger partial charge in [-0.05, 0) is 50.4 Å². The number of rotatable bonds is 13. The molecule has 0 aliphatic rings. The molecule has 1 heterocycles. The molecule has 0 aliphatic carbocycles. The maximum Gasteiger partial charge on any atom is 0.311 e. The third-order valence-electron chi connectivity index (χ3n) is 6.81. The second kappa shape index (κ2) is 13.7. The molecule has 0 fully saturated rings. The van der Waals surface area contributed by atoms with Crippen molar-refractivity contribution >= 4 is 33.9 Å². The Morgan fingerprint density at radius 3 is 1.85 bits per heavy atom. The summed E-state index contributed by atoms with van der Waals surface area (Å²) in [6.45, 7) is 12.0. The number of carbonyl (C=O) groups excluding carboxylic acids is 2. The van der Waals surface area contributed by atoms with E-state index in [2.05, 4.69) is 27.7 Å². The smallest absolute Gasteiger partial charge is 0.311 e. The standard InChI is InChI=1S/C32H42O8/c1-8-10-26(33)39-22-16-24-29(30(35)20(22)14-12-18(3)4)31(36)28-21(15-13-19(5)6)32(37-7)25(17-23(28)38-24)40-27(34)11-9-2/h16-19,35H,8-15H2,1-7H3. The number of fused-ring (bicyclic) bond motifs is 2. The Labute approximate surface area is 235 Å². The van der Waals surface area contributed by atoms with E-state index < -0.39 is 17.4 Å². The van der Waals surface area contributed by atoms with Crippen molar-refractivity contribution < 1.29 is 33.3 Å². The zero-order valence-electron chi connectivity index (χ0n) is 24.8. The molecule has 218 valence electrons. The summed E-state index contributed by atoms with van der Waals surface area (Å²) >= 11 is 0. The van der Waals surface area contributed by atoms with Gasteiger partial charge in [0.05, 0.1) is 12.5 Å². The number of aryl methyl sites for hydroxylation is 1. The van der Waals surface area contributed by atoms with Gasteiger partial charge in [-0.1, -0.05) is 41.5 Å². The van der Waals surface area contributed by atoms with Gasteiger partial charge in [-0.15, -0.1) is 0 Å². The fourth-order valence-corrected chi connectivity index (χ4v) is 4.70. The van der Waals surface area contributed by atoms with Gasteiger partial charge in [0, 0.05) is 36.1 Å². The third-order valence-corrected chi connectivity index (χ3v) is 6.81. The van der Waals surface area contributed by atoms with Crippen LogP contribution in [-0.2, 0) is 22.4 Å².